The van der Waals surface area contributed by atoms with Gasteiger partial charge in [0.1, 0.15) is 0 Å². The number of amides is 1. The van der Waals surface area contributed by atoms with E-state index in [1.54, 1.807) is 11.3 Å². The van der Waals surface area contributed by atoms with E-state index in [0.29, 0.717) is 12.0 Å². The number of aryl methyl sites for hydroxylation is 1. The van der Waals surface area contributed by atoms with Gasteiger partial charge in [0, 0.05) is 25.3 Å². The van der Waals surface area contributed by atoms with Gasteiger partial charge < -0.3 is 9.80 Å². The Kier molecular flexibility index (Phi) is 5.83. The maximum Gasteiger partial charge on any atom is 0.264 e. The highest BCUT2D eigenvalue weighted by Crippen LogP contribution is 2.33. The first-order chi connectivity index (χ1) is 13.5. The van der Waals surface area contributed by atoms with Crippen molar-refractivity contribution in [1.82, 2.24) is 14.8 Å². The fourth-order valence-electron chi connectivity index (χ4n) is 4.43. The molecule has 2 aromatic heterocycles. The molecule has 0 atom stereocenters. The minimum atomic E-state index is 0.194. The number of aromatic nitrogens is 1. The van der Waals surface area contributed by atoms with Crippen LogP contribution in [0.3, 0.4) is 0 Å². The highest BCUT2D eigenvalue weighted by atomic mass is 32.1. The fraction of sp³-hybridized carbons (Fsp3) is 0.565. The summed E-state index contributed by atoms with van der Waals surface area (Å²) in [5.74, 6) is 0.814. The van der Waals surface area contributed by atoms with Crippen LogP contribution >= 0.6 is 11.3 Å². The van der Waals surface area contributed by atoms with Crippen molar-refractivity contribution in [2.24, 2.45) is 0 Å². The van der Waals surface area contributed by atoms with Crippen LogP contribution in [-0.2, 0) is 0 Å². The molecule has 0 aromatic carbocycles. The smallest absolute Gasteiger partial charge is 0.264 e. The molecule has 2 aromatic rings. The lowest BCUT2D eigenvalue weighted by Crippen LogP contribution is -2.37. The SMILES string of the molecule is Cc1cc(-c2ccc(C3CCN(C(C)C)CC3)cn2)sc1C(=O)N1CCCC1. The second-order valence-electron chi connectivity index (χ2n) is 8.50. The van der Waals surface area contributed by atoms with E-state index < -0.39 is 0 Å². The molecular weight excluding hydrogens is 366 g/mol. The second kappa shape index (κ2) is 8.34. The van der Waals surface area contributed by atoms with Gasteiger partial charge in [-0.25, -0.2) is 0 Å². The van der Waals surface area contributed by atoms with Gasteiger partial charge in [0.25, 0.3) is 5.91 Å². The maximum atomic E-state index is 12.8. The summed E-state index contributed by atoms with van der Waals surface area (Å²) in [4.78, 5) is 24.0. The minimum absolute atomic E-state index is 0.194. The second-order valence-corrected chi connectivity index (χ2v) is 9.56. The van der Waals surface area contributed by atoms with Gasteiger partial charge in [-0.05, 0) is 88.7 Å². The highest BCUT2D eigenvalue weighted by Gasteiger charge is 2.24. The van der Waals surface area contributed by atoms with Crippen LogP contribution in [0.4, 0.5) is 0 Å². The van der Waals surface area contributed by atoms with E-state index >= 15 is 0 Å². The van der Waals surface area contributed by atoms with Crippen molar-refractivity contribution in [2.75, 3.05) is 26.2 Å². The van der Waals surface area contributed by atoms with Gasteiger partial charge in [-0.15, -0.1) is 11.3 Å². The Morgan fingerprint density at radius 3 is 2.46 bits per heavy atom. The zero-order chi connectivity index (χ0) is 19.7. The summed E-state index contributed by atoms with van der Waals surface area (Å²) in [5.41, 5.74) is 3.41. The van der Waals surface area contributed by atoms with Crippen LogP contribution in [0.2, 0.25) is 0 Å². The lowest BCUT2D eigenvalue weighted by molar-refractivity contribution is 0.0797. The molecule has 0 unspecified atom stereocenters. The van der Waals surface area contributed by atoms with Gasteiger partial charge in [0.15, 0.2) is 0 Å². The van der Waals surface area contributed by atoms with Crippen LogP contribution in [0.5, 0.6) is 0 Å². The van der Waals surface area contributed by atoms with Gasteiger partial charge >= 0.3 is 0 Å². The number of likely N-dealkylation sites (tertiary alicyclic amines) is 2. The molecule has 4 heterocycles. The zero-order valence-electron chi connectivity index (χ0n) is 17.3. The van der Waals surface area contributed by atoms with Gasteiger partial charge in [-0.1, -0.05) is 6.07 Å². The van der Waals surface area contributed by atoms with Crippen molar-refractivity contribution in [3.63, 3.8) is 0 Å². The van der Waals surface area contributed by atoms with E-state index in [1.165, 1.54) is 31.5 Å². The molecule has 5 heteroatoms. The van der Waals surface area contributed by atoms with Crippen molar-refractivity contribution in [2.45, 2.75) is 58.4 Å². The van der Waals surface area contributed by atoms with Crippen LogP contribution < -0.4 is 0 Å². The summed E-state index contributed by atoms with van der Waals surface area (Å²) in [5, 5.41) is 0. The molecular formula is C23H31N3OS. The molecule has 2 fully saturated rings. The number of carbonyl (C=O) groups excluding carboxylic acids is 1. The number of hydrogen-bond donors (Lipinski definition) is 0. The van der Waals surface area contributed by atoms with Crippen molar-refractivity contribution < 1.29 is 4.79 Å². The predicted molar refractivity (Wildman–Crippen MR) is 116 cm³/mol. The first-order valence-corrected chi connectivity index (χ1v) is 11.4. The quantitative estimate of drug-likeness (QED) is 0.733. The number of pyridine rings is 1. The third-order valence-corrected chi connectivity index (χ3v) is 7.52. The lowest BCUT2D eigenvalue weighted by Gasteiger charge is -2.34. The molecule has 4 nitrogen and oxygen atoms in total. The summed E-state index contributed by atoms with van der Waals surface area (Å²) < 4.78 is 0. The third kappa shape index (κ3) is 4.01. The molecule has 2 saturated heterocycles. The summed E-state index contributed by atoms with van der Waals surface area (Å²) in [7, 11) is 0. The molecule has 0 spiro atoms. The first-order valence-electron chi connectivity index (χ1n) is 10.6. The predicted octanol–water partition coefficient (Wildman–Crippen LogP) is 4.94. The van der Waals surface area contributed by atoms with Gasteiger partial charge in [-0.3, -0.25) is 9.78 Å². The Bertz CT molecular complexity index is 813. The van der Waals surface area contributed by atoms with E-state index in [1.807, 2.05) is 11.8 Å². The largest absolute Gasteiger partial charge is 0.338 e. The number of nitrogens with zero attached hydrogens (tertiary/aromatic N) is 3. The van der Waals surface area contributed by atoms with E-state index in [0.717, 1.165) is 46.9 Å². The average Bonchev–Trinajstić information content (AvgIpc) is 3.38. The van der Waals surface area contributed by atoms with Crippen molar-refractivity contribution in [1.29, 1.82) is 0 Å². The number of carbonyl (C=O) groups is 1. The Hall–Kier alpha value is -1.72. The molecule has 28 heavy (non-hydrogen) atoms. The molecule has 150 valence electrons. The lowest BCUT2D eigenvalue weighted by atomic mass is 9.90. The van der Waals surface area contributed by atoms with E-state index in [4.69, 9.17) is 4.98 Å². The van der Waals surface area contributed by atoms with Crippen molar-refractivity contribution in [3.8, 4) is 10.6 Å². The van der Waals surface area contributed by atoms with Crippen molar-refractivity contribution >= 4 is 17.2 Å². The monoisotopic (exact) mass is 397 g/mol. The Labute approximate surface area is 172 Å². The van der Waals surface area contributed by atoms with Crippen molar-refractivity contribution in [3.05, 3.63) is 40.4 Å². The van der Waals surface area contributed by atoms with Crippen LogP contribution in [-0.4, -0.2) is 52.9 Å². The fourth-order valence-corrected chi connectivity index (χ4v) is 5.54. The summed E-state index contributed by atoms with van der Waals surface area (Å²) in [6.45, 7) is 10.7. The number of thiophene rings is 1. The molecule has 0 bridgehead atoms. The number of piperidine rings is 1. The normalized spacial score (nSPS) is 18.9. The maximum absolute atomic E-state index is 12.8. The molecule has 4 rings (SSSR count). The van der Waals surface area contributed by atoms with Gasteiger partial charge in [0.05, 0.1) is 15.4 Å². The highest BCUT2D eigenvalue weighted by molar-refractivity contribution is 7.17. The Morgan fingerprint density at radius 2 is 1.86 bits per heavy atom. The molecule has 0 aliphatic carbocycles. The number of hydrogen-bond acceptors (Lipinski definition) is 4. The van der Waals surface area contributed by atoms with Crippen LogP contribution in [0.1, 0.15) is 66.2 Å². The summed E-state index contributed by atoms with van der Waals surface area (Å²) in [6.07, 6.45) is 6.74. The van der Waals surface area contributed by atoms with Crippen LogP contribution in [0.15, 0.2) is 24.4 Å². The minimum Gasteiger partial charge on any atom is -0.338 e. The molecule has 2 aliphatic heterocycles. The molecule has 2 aliphatic rings. The summed E-state index contributed by atoms with van der Waals surface area (Å²) >= 11 is 1.59. The zero-order valence-corrected chi connectivity index (χ0v) is 18.1. The topological polar surface area (TPSA) is 36.4 Å². The van der Waals surface area contributed by atoms with Gasteiger partial charge in [-0.2, -0.15) is 0 Å². The van der Waals surface area contributed by atoms with Gasteiger partial charge in [0.2, 0.25) is 0 Å². The standard InChI is InChI=1S/C23H31N3OS/c1-16(2)25-12-8-18(9-13-25)19-6-7-20(24-15-19)21-14-17(3)22(28-21)23(27)26-10-4-5-11-26/h6-7,14-16,18H,4-5,8-13H2,1-3H3. The van der Waals surface area contributed by atoms with E-state index in [2.05, 4.69) is 43.1 Å². The average molecular weight is 398 g/mol. The third-order valence-electron chi connectivity index (χ3n) is 6.28. The molecule has 0 radical (unpaired) electrons. The first kappa shape index (κ1) is 19.6. The number of rotatable bonds is 4. The van der Waals surface area contributed by atoms with Crippen LogP contribution in [0, 0.1) is 6.92 Å². The Balaban J connectivity index is 1.46. The van der Waals surface area contributed by atoms with Crippen LogP contribution in [0.25, 0.3) is 10.6 Å². The Morgan fingerprint density at radius 1 is 1.14 bits per heavy atom. The molecule has 1 amide bonds. The van der Waals surface area contributed by atoms with E-state index in [9.17, 15) is 4.79 Å². The molecule has 0 saturated carbocycles. The summed E-state index contributed by atoms with van der Waals surface area (Å²) in [6, 6.07) is 7.15. The molecule has 0 N–H and O–H groups in total. The van der Waals surface area contributed by atoms with E-state index in [-0.39, 0.29) is 5.91 Å².